The molecule has 1 N–H and O–H groups in total. The first-order valence-electron chi connectivity index (χ1n) is 4.70. The Balaban J connectivity index is 3.13. The topological polar surface area (TPSA) is 72.2 Å². The van der Waals surface area contributed by atoms with Crippen molar-refractivity contribution in [2.45, 2.75) is 6.92 Å². The van der Waals surface area contributed by atoms with E-state index < -0.39 is 4.92 Å². The first-order chi connectivity index (χ1) is 7.56. The Hall–Kier alpha value is -2.17. The summed E-state index contributed by atoms with van der Waals surface area (Å²) in [5, 5.41) is 13.6. The summed E-state index contributed by atoms with van der Waals surface area (Å²) in [4.78, 5) is 21.4. The molecule has 0 atom stereocenters. The third-order valence-electron chi connectivity index (χ3n) is 2.04. The predicted octanol–water partition coefficient (Wildman–Crippen LogP) is 2.40. The van der Waals surface area contributed by atoms with Crippen molar-refractivity contribution in [3.63, 3.8) is 0 Å². The van der Waals surface area contributed by atoms with E-state index in [0.717, 1.165) is 0 Å². The lowest BCUT2D eigenvalue weighted by molar-refractivity contribution is -0.384. The molecule has 1 aromatic carbocycles. The molecule has 0 aromatic heterocycles. The number of anilines is 1. The van der Waals surface area contributed by atoms with Crippen LogP contribution in [0.3, 0.4) is 0 Å². The number of carbonyl (C=O) groups is 1. The number of nitro benzene ring substituents is 1. The van der Waals surface area contributed by atoms with Crippen LogP contribution in [0.2, 0.25) is 0 Å². The first-order valence-corrected chi connectivity index (χ1v) is 4.70. The van der Waals surface area contributed by atoms with Crippen LogP contribution in [0, 0.1) is 10.1 Å². The van der Waals surface area contributed by atoms with Gasteiger partial charge in [-0.05, 0) is 19.1 Å². The Morgan fingerprint density at radius 3 is 2.81 bits per heavy atom. The number of nitro groups is 1. The molecular weight excluding hydrogens is 208 g/mol. The van der Waals surface area contributed by atoms with Crippen LogP contribution in [0.1, 0.15) is 17.3 Å². The van der Waals surface area contributed by atoms with Gasteiger partial charge in [0.15, 0.2) is 5.78 Å². The SMILES string of the molecule is C=CCNc1ccc(C(C)=O)cc1[N+](=O)[O-]. The van der Waals surface area contributed by atoms with E-state index in [1.165, 1.54) is 19.1 Å². The van der Waals surface area contributed by atoms with Gasteiger partial charge in [-0.15, -0.1) is 6.58 Å². The minimum atomic E-state index is -0.516. The average molecular weight is 220 g/mol. The minimum Gasteiger partial charge on any atom is -0.376 e. The second-order valence-corrected chi connectivity index (χ2v) is 3.21. The third kappa shape index (κ3) is 2.66. The van der Waals surface area contributed by atoms with E-state index in [9.17, 15) is 14.9 Å². The third-order valence-corrected chi connectivity index (χ3v) is 2.04. The number of hydrogen-bond donors (Lipinski definition) is 1. The van der Waals surface area contributed by atoms with Crippen LogP contribution >= 0.6 is 0 Å². The number of benzene rings is 1. The Labute approximate surface area is 92.9 Å². The van der Waals surface area contributed by atoms with Crippen molar-refractivity contribution in [3.8, 4) is 0 Å². The van der Waals surface area contributed by atoms with E-state index in [1.54, 1.807) is 12.1 Å². The summed E-state index contributed by atoms with van der Waals surface area (Å²) in [6, 6.07) is 4.35. The van der Waals surface area contributed by atoms with Gasteiger partial charge in [-0.25, -0.2) is 0 Å². The van der Waals surface area contributed by atoms with Gasteiger partial charge < -0.3 is 5.32 Å². The summed E-state index contributed by atoms with van der Waals surface area (Å²) in [5.41, 5.74) is 0.611. The summed E-state index contributed by atoms with van der Waals surface area (Å²) in [5.74, 6) is -0.196. The van der Waals surface area contributed by atoms with Gasteiger partial charge in [-0.3, -0.25) is 14.9 Å². The number of rotatable bonds is 5. The van der Waals surface area contributed by atoms with Crippen molar-refractivity contribution in [3.05, 3.63) is 46.5 Å². The smallest absolute Gasteiger partial charge is 0.293 e. The van der Waals surface area contributed by atoms with Crippen molar-refractivity contribution in [1.82, 2.24) is 0 Å². The van der Waals surface area contributed by atoms with Crippen LogP contribution in [-0.2, 0) is 0 Å². The fraction of sp³-hybridized carbons (Fsp3) is 0.182. The molecule has 5 nitrogen and oxygen atoms in total. The molecule has 0 aliphatic carbocycles. The van der Waals surface area contributed by atoms with Crippen molar-refractivity contribution >= 4 is 17.2 Å². The molecule has 0 spiro atoms. The van der Waals surface area contributed by atoms with Gasteiger partial charge in [0.05, 0.1) is 4.92 Å². The standard InChI is InChI=1S/C11H12N2O3/c1-3-6-12-10-5-4-9(8(2)14)7-11(10)13(15)16/h3-5,7,12H,1,6H2,2H3. The van der Waals surface area contributed by atoms with E-state index in [-0.39, 0.29) is 11.5 Å². The molecule has 84 valence electrons. The highest BCUT2D eigenvalue weighted by molar-refractivity contribution is 5.95. The van der Waals surface area contributed by atoms with Gasteiger partial charge in [-0.1, -0.05) is 6.08 Å². The predicted molar refractivity (Wildman–Crippen MR) is 61.8 cm³/mol. The zero-order valence-corrected chi connectivity index (χ0v) is 8.90. The molecule has 0 fully saturated rings. The van der Waals surface area contributed by atoms with Crippen LogP contribution < -0.4 is 5.32 Å². The van der Waals surface area contributed by atoms with Crippen molar-refractivity contribution in [2.24, 2.45) is 0 Å². The summed E-state index contributed by atoms with van der Waals surface area (Å²) in [6.45, 7) is 5.31. The second-order valence-electron chi connectivity index (χ2n) is 3.21. The molecule has 0 saturated carbocycles. The molecule has 0 radical (unpaired) electrons. The molecule has 16 heavy (non-hydrogen) atoms. The fourth-order valence-electron chi connectivity index (χ4n) is 1.23. The summed E-state index contributed by atoms with van der Waals surface area (Å²) < 4.78 is 0. The zero-order valence-electron chi connectivity index (χ0n) is 8.90. The van der Waals surface area contributed by atoms with Crippen LogP contribution in [0.15, 0.2) is 30.9 Å². The average Bonchev–Trinajstić information content (AvgIpc) is 2.25. The maximum atomic E-state index is 11.1. The summed E-state index contributed by atoms with van der Waals surface area (Å²) >= 11 is 0. The first kappa shape index (κ1) is 11.9. The largest absolute Gasteiger partial charge is 0.376 e. The van der Waals surface area contributed by atoms with Gasteiger partial charge in [0.1, 0.15) is 5.69 Å². The second kappa shape index (κ2) is 5.06. The molecule has 5 heteroatoms. The van der Waals surface area contributed by atoms with Gasteiger partial charge >= 0.3 is 0 Å². The Bertz CT molecular complexity index is 441. The van der Waals surface area contributed by atoms with E-state index >= 15 is 0 Å². The fourth-order valence-corrected chi connectivity index (χ4v) is 1.23. The molecule has 0 saturated heterocycles. The zero-order chi connectivity index (χ0) is 12.1. The number of nitrogens with one attached hydrogen (secondary N) is 1. The highest BCUT2D eigenvalue weighted by Crippen LogP contribution is 2.25. The van der Waals surface area contributed by atoms with Crippen LogP contribution in [-0.4, -0.2) is 17.3 Å². The highest BCUT2D eigenvalue weighted by Gasteiger charge is 2.15. The molecule has 1 aromatic rings. The maximum absolute atomic E-state index is 11.1. The number of hydrogen-bond acceptors (Lipinski definition) is 4. The number of Topliss-reactive ketones (excluding diaryl/α,β-unsaturated/α-hetero) is 1. The number of ketones is 1. The maximum Gasteiger partial charge on any atom is 0.293 e. The van der Waals surface area contributed by atoms with Crippen LogP contribution in [0.4, 0.5) is 11.4 Å². The normalized spacial score (nSPS) is 9.56. The molecule has 0 bridgehead atoms. The van der Waals surface area contributed by atoms with Crippen LogP contribution in [0.5, 0.6) is 0 Å². The van der Waals surface area contributed by atoms with E-state index in [0.29, 0.717) is 17.8 Å². The van der Waals surface area contributed by atoms with Gasteiger partial charge in [-0.2, -0.15) is 0 Å². The Morgan fingerprint density at radius 2 is 2.31 bits per heavy atom. The lowest BCUT2D eigenvalue weighted by Gasteiger charge is -2.05. The lowest BCUT2D eigenvalue weighted by Crippen LogP contribution is -2.03. The van der Waals surface area contributed by atoms with Crippen LogP contribution in [0.25, 0.3) is 0 Å². The lowest BCUT2D eigenvalue weighted by atomic mass is 10.1. The van der Waals surface area contributed by atoms with Gasteiger partial charge in [0.2, 0.25) is 0 Å². The summed E-state index contributed by atoms with van der Waals surface area (Å²) in [6.07, 6.45) is 1.60. The summed E-state index contributed by atoms with van der Waals surface area (Å²) in [7, 11) is 0. The Morgan fingerprint density at radius 1 is 1.62 bits per heavy atom. The molecule has 0 heterocycles. The molecular formula is C11H12N2O3. The number of carbonyl (C=O) groups excluding carboxylic acids is 1. The minimum absolute atomic E-state index is 0.102. The van der Waals surface area contributed by atoms with Crippen molar-refractivity contribution < 1.29 is 9.72 Å². The Kier molecular flexibility index (Phi) is 3.77. The number of nitrogens with zero attached hydrogens (tertiary/aromatic N) is 1. The highest BCUT2D eigenvalue weighted by atomic mass is 16.6. The molecule has 1 rings (SSSR count). The molecule has 0 amide bonds. The molecule has 0 aliphatic heterocycles. The van der Waals surface area contributed by atoms with Crippen molar-refractivity contribution in [1.29, 1.82) is 0 Å². The van der Waals surface area contributed by atoms with Crippen molar-refractivity contribution in [2.75, 3.05) is 11.9 Å². The molecule has 0 aliphatic rings. The van der Waals surface area contributed by atoms with E-state index in [4.69, 9.17) is 0 Å². The van der Waals surface area contributed by atoms with Gasteiger partial charge in [0.25, 0.3) is 5.69 Å². The van der Waals surface area contributed by atoms with E-state index in [1.807, 2.05) is 0 Å². The monoisotopic (exact) mass is 220 g/mol. The quantitative estimate of drug-likeness (QED) is 0.358. The van der Waals surface area contributed by atoms with Gasteiger partial charge in [0, 0.05) is 18.2 Å². The van der Waals surface area contributed by atoms with E-state index in [2.05, 4.69) is 11.9 Å². The molecule has 0 unspecified atom stereocenters.